The van der Waals surface area contributed by atoms with E-state index >= 15 is 0 Å². The molecule has 0 unspecified atom stereocenters. The Morgan fingerprint density at radius 3 is 2.81 bits per heavy atom. The molecule has 6 heteroatoms. The van der Waals surface area contributed by atoms with Gasteiger partial charge in [-0.25, -0.2) is 4.68 Å². The third-order valence-electron chi connectivity index (χ3n) is 4.08. The van der Waals surface area contributed by atoms with Gasteiger partial charge in [0.15, 0.2) is 0 Å². The maximum atomic E-state index is 12.1. The van der Waals surface area contributed by atoms with E-state index < -0.39 is 0 Å². The normalized spacial score (nSPS) is 17.3. The summed E-state index contributed by atoms with van der Waals surface area (Å²) in [5.41, 5.74) is 5.60. The van der Waals surface area contributed by atoms with Crippen LogP contribution in [-0.2, 0) is 4.79 Å². The van der Waals surface area contributed by atoms with Gasteiger partial charge in [0.2, 0.25) is 5.91 Å². The minimum Gasteiger partial charge on any atom is -0.330 e. The molecule has 0 radical (unpaired) electrons. The van der Waals surface area contributed by atoms with Gasteiger partial charge in [0.05, 0.1) is 12.7 Å². The van der Waals surface area contributed by atoms with Crippen molar-refractivity contribution in [3.8, 4) is 0 Å². The smallest absolute Gasteiger partial charge is 0.239 e. The molecule has 6 nitrogen and oxygen atoms in total. The van der Waals surface area contributed by atoms with Crippen LogP contribution in [0, 0.1) is 5.92 Å². The van der Waals surface area contributed by atoms with Gasteiger partial charge >= 0.3 is 0 Å². The number of piperidine rings is 1. The average Bonchev–Trinajstić information content (AvgIpc) is 2.89. The first-order valence-electron chi connectivity index (χ1n) is 7.86. The second kappa shape index (κ2) is 7.56. The average molecular weight is 293 g/mol. The van der Waals surface area contributed by atoms with Gasteiger partial charge in [0, 0.05) is 12.1 Å². The molecule has 0 aliphatic carbocycles. The van der Waals surface area contributed by atoms with E-state index in [0.29, 0.717) is 6.54 Å². The number of carbonyl (C=O) groups is 1. The number of rotatable bonds is 6. The van der Waals surface area contributed by atoms with Gasteiger partial charge in [-0.15, -0.1) is 0 Å². The number of hydrogen-bond acceptors (Lipinski definition) is 4. The van der Waals surface area contributed by atoms with Crippen molar-refractivity contribution in [2.24, 2.45) is 11.7 Å². The van der Waals surface area contributed by atoms with E-state index in [2.05, 4.69) is 15.3 Å². The molecule has 0 spiro atoms. The zero-order valence-corrected chi connectivity index (χ0v) is 13.1. The summed E-state index contributed by atoms with van der Waals surface area (Å²) in [6.45, 7) is 7.29. The van der Waals surface area contributed by atoms with E-state index in [9.17, 15) is 4.79 Å². The summed E-state index contributed by atoms with van der Waals surface area (Å²) in [4.78, 5) is 14.4. The standard InChI is InChI=1S/C15H27N5O/c1-12(2)20-14(4-8-17-20)18-15(21)11-19-9-5-13(3-7-16)6-10-19/h4,8,12-13H,3,5-7,9-11,16H2,1-2H3,(H,18,21). The Morgan fingerprint density at radius 1 is 1.48 bits per heavy atom. The molecule has 0 aromatic carbocycles. The predicted octanol–water partition coefficient (Wildman–Crippen LogP) is 1.46. The fraction of sp³-hybridized carbons (Fsp3) is 0.733. The molecule has 1 saturated heterocycles. The molecule has 1 aliphatic heterocycles. The van der Waals surface area contributed by atoms with E-state index in [4.69, 9.17) is 5.73 Å². The highest BCUT2D eigenvalue weighted by atomic mass is 16.2. The molecule has 2 rings (SSSR count). The second-order valence-electron chi connectivity index (χ2n) is 6.10. The molecular weight excluding hydrogens is 266 g/mol. The minimum atomic E-state index is 0.0367. The van der Waals surface area contributed by atoms with Crippen LogP contribution in [0.15, 0.2) is 12.3 Å². The maximum Gasteiger partial charge on any atom is 0.239 e. The van der Waals surface area contributed by atoms with Gasteiger partial charge in [-0.1, -0.05) is 0 Å². The maximum absolute atomic E-state index is 12.1. The number of nitrogens with two attached hydrogens (primary N) is 1. The van der Waals surface area contributed by atoms with E-state index in [1.807, 2.05) is 24.6 Å². The summed E-state index contributed by atoms with van der Waals surface area (Å²) in [7, 11) is 0. The lowest BCUT2D eigenvalue weighted by Crippen LogP contribution is -2.39. The summed E-state index contributed by atoms with van der Waals surface area (Å²) in [5.74, 6) is 1.54. The van der Waals surface area contributed by atoms with Crippen LogP contribution < -0.4 is 11.1 Å². The third kappa shape index (κ3) is 4.54. The number of amides is 1. The largest absolute Gasteiger partial charge is 0.330 e. The SMILES string of the molecule is CC(C)n1nccc1NC(=O)CN1CCC(CCN)CC1. The summed E-state index contributed by atoms with van der Waals surface area (Å²) in [6.07, 6.45) is 5.12. The molecule has 1 aromatic rings. The molecule has 1 aliphatic rings. The topological polar surface area (TPSA) is 76.2 Å². The molecular formula is C15H27N5O. The molecule has 3 N–H and O–H groups in total. The fourth-order valence-electron chi connectivity index (χ4n) is 2.88. The van der Waals surface area contributed by atoms with E-state index in [0.717, 1.165) is 50.6 Å². The Hall–Kier alpha value is -1.40. The third-order valence-corrected chi connectivity index (χ3v) is 4.08. The number of nitrogens with zero attached hydrogens (tertiary/aromatic N) is 3. The van der Waals surface area contributed by atoms with Crippen LogP contribution in [0.4, 0.5) is 5.82 Å². The number of nitrogens with one attached hydrogen (secondary N) is 1. The molecule has 1 aromatic heterocycles. The number of hydrogen-bond donors (Lipinski definition) is 2. The van der Waals surface area contributed by atoms with E-state index in [1.165, 1.54) is 0 Å². The quantitative estimate of drug-likeness (QED) is 0.832. The Kier molecular flexibility index (Phi) is 5.76. The van der Waals surface area contributed by atoms with Crippen molar-refractivity contribution < 1.29 is 4.79 Å². The van der Waals surface area contributed by atoms with Crippen LogP contribution in [0.5, 0.6) is 0 Å². The Balaban J connectivity index is 1.79. The first-order chi connectivity index (χ1) is 10.1. The molecule has 1 amide bonds. The van der Waals surface area contributed by atoms with Crippen LogP contribution in [-0.4, -0.2) is 46.8 Å². The molecule has 0 saturated carbocycles. The Bertz CT molecular complexity index is 449. The van der Waals surface area contributed by atoms with Gasteiger partial charge in [0.25, 0.3) is 0 Å². The van der Waals surface area contributed by atoms with Gasteiger partial charge in [0.1, 0.15) is 5.82 Å². The van der Waals surface area contributed by atoms with Crippen LogP contribution >= 0.6 is 0 Å². The number of carbonyl (C=O) groups excluding carboxylic acids is 1. The molecule has 2 heterocycles. The van der Waals surface area contributed by atoms with Crippen molar-refractivity contribution >= 4 is 11.7 Å². The van der Waals surface area contributed by atoms with Crippen molar-refractivity contribution in [2.45, 2.75) is 39.2 Å². The van der Waals surface area contributed by atoms with Crippen molar-refractivity contribution in [2.75, 3.05) is 31.5 Å². The van der Waals surface area contributed by atoms with Gasteiger partial charge in [-0.05, 0) is 58.7 Å². The van der Waals surface area contributed by atoms with Crippen LogP contribution in [0.3, 0.4) is 0 Å². The number of anilines is 1. The van der Waals surface area contributed by atoms with Crippen molar-refractivity contribution in [1.29, 1.82) is 0 Å². The molecule has 0 bridgehead atoms. The first-order valence-corrected chi connectivity index (χ1v) is 7.86. The number of aromatic nitrogens is 2. The summed E-state index contributed by atoms with van der Waals surface area (Å²) in [5, 5.41) is 7.18. The Labute approximate surface area is 126 Å². The highest BCUT2D eigenvalue weighted by Crippen LogP contribution is 2.19. The minimum absolute atomic E-state index is 0.0367. The lowest BCUT2D eigenvalue weighted by molar-refractivity contribution is -0.117. The van der Waals surface area contributed by atoms with Crippen LogP contribution in [0.25, 0.3) is 0 Å². The predicted molar refractivity (Wildman–Crippen MR) is 84.1 cm³/mol. The lowest BCUT2D eigenvalue weighted by Gasteiger charge is -2.31. The molecule has 21 heavy (non-hydrogen) atoms. The van der Waals surface area contributed by atoms with E-state index in [-0.39, 0.29) is 11.9 Å². The summed E-state index contributed by atoms with van der Waals surface area (Å²) < 4.78 is 1.82. The molecule has 118 valence electrons. The number of likely N-dealkylation sites (tertiary alicyclic amines) is 1. The van der Waals surface area contributed by atoms with Crippen molar-refractivity contribution in [1.82, 2.24) is 14.7 Å². The van der Waals surface area contributed by atoms with Gasteiger partial charge in [-0.2, -0.15) is 5.10 Å². The first kappa shape index (κ1) is 16.0. The van der Waals surface area contributed by atoms with Gasteiger partial charge in [-0.3, -0.25) is 9.69 Å². The summed E-state index contributed by atoms with van der Waals surface area (Å²) in [6, 6.07) is 2.08. The van der Waals surface area contributed by atoms with Crippen LogP contribution in [0.2, 0.25) is 0 Å². The lowest BCUT2D eigenvalue weighted by atomic mass is 9.94. The monoisotopic (exact) mass is 293 g/mol. The zero-order chi connectivity index (χ0) is 15.2. The highest BCUT2D eigenvalue weighted by Gasteiger charge is 2.20. The van der Waals surface area contributed by atoms with E-state index in [1.54, 1.807) is 6.20 Å². The highest BCUT2D eigenvalue weighted by molar-refractivity contribution is 5.91. The van der Waals surface area contributed by atoms with Crippen molar-refractivity contribution in [3.63, 3.8) is 0 Å². The Morgan fingerprint density at radius 2 is 2.19 bits per heavy atom. The van der Waals surface area contributed by atoms with Crippen molar-refractivity contribution in [3.05, 3.63) is 12.3 Å². The fourth-order valence-corrected chi connectivity index (χ4v) is 2.88. The summed E-state index contributed by atoms with van der Waals surface area (Å²) >= 11 is 0. The second-order valence-corrected chi connectivity index (χ2v) is 6.10. The molecule has 0 atom stereocenters. The zero-order valence-electron chi connectivity index (χ0n) is 13.1. The molecule has 1 fully saturated rings. The van der Waals surface area contributed by atoms with Crippen LogP contribution in [0.1, 0.15) is 39.2 Å². The van der Waals surface area contributed by atoms with Gasteiger partial charge < -0.3 is 11.1 Å².